The van der Waals surface area contributed by atoms with Gasteiger partial charge in [-0.05, 0) is 16.5 Å². The van der Waals surface area contributed by atoms with Crippen molar-refractivity contribution in [3.63, 3.8) is 0 Å². The second kappa shape index (κ2) is 4.91. The summed E-state index contributed by atoms with van der Waals surface area (Å²) in [7, 11) is 0. The van der Waals surface area contributed by atoms with Crippen LogP contribution < -0.4 is 0 Å². The molecule has 1 N–H and O–H groups in total. The molecule has 1 rings (SSSR count). The van der Waals surface area contributed by atoms with Crippen LogP contribution in [0.1, 0.15) is 37.8 Å². The first kappa shape index (κ1) is 13.1. The van der Waals surface area contributed by atoms with Gasteiger partial charge in [-0.1, -0.05) is 45.0 Å². The second-order valence-electron chi connectivity index (χ2n) is 5.08. The van der Waals surface area contributed by atoms with E-state index in [1.807, 2.05) is 20.8 Å². The topological polar surface area (TPSA) is 20.2 Å². The Bertz CT molecular complexity index is 325. The van der Waals surface area contributed by atoms with Crippen molar-refractivity contribution in [1.29, 1.82) is 0 Å². The Kier molecular flexibility index (Phi) is 4.03. The van der Waals surface area contributed by atoms with Gasteiger partial charge in [-0.3, -0.25) is 0 Å². The molecule has 16 heavy (non-hydrogen) atoms. The van der Waals surface area contributed by atoms with E-state index in [2.05, 4.69) is 0 Å². The minimum atomic E-state index is -2.38. The molecule has 0 aromatic heterocycles. The molecular weight excluding hydrogens is 210 g/mol. The van der Waals surface area contributed by atoms with Crippen LogP contribution in [0.15, 0.2) is 24.3 Å². The van der Waals surface area contributed by atoms with Gasteiger partial charge in [0, 0.05) is 5.92 Å². The first-order valence-corrected chi connectivity index (χ1v) is 5.34. The van der Waals surface area contributed by atoms with Crippen molar-refractivity contribution in [2.45, 2.75) is 39.7 Å². The van der Waals surface area contributed by atoms with Crippen molar-refractivity contribution in [3.05, 3.63) is 35.4 Å². The predicted molar refractivity (Wildman–Crippen MR) is 60.6 cm³/mol. The molecule has 0 saturated heterocycles. The number of aliphatic hydroxyl groups is 1. The lowest BCUT2D eigenvalue weighted by Crippen LogP contribution is -2.24. The number of hydrogen-bond acceptors (Lipinski definition) is 1. The molecule has 0 bridgehead atoms. The van der Waals surface area contributed by atoms with Crippen LogP contribution in [0, 0.1) is 5.41 Å². The molecule has 0 heterocycles. The third-order valence-electron chi connectivity index (χ3n) is 2.71. The molecule has 0 aliphatic carbocycles. The SMILES string of the molecule is CC(C)(C)C(c1ccc(CO)cc1)C(F)F. The van der Waals surface area contributed by atoms with Crippen LogP contribution >= 0.6 is 0 Å². The molecule has 1 aromatic carbocycles. The molecule has 0 saturated carbocycles. The smallest absolute Gasteiger partial charge is 0.245 e. The lowest BCUT2D eigenvalue weighted by molar-refractivity contribution is 0.0623. The van der Waals surface area contributed by atoms with Crippen molar-refractivity contribution in [1.82, 2.24) is 0 Å². The van der Waals surface area contributed by atoms with Crippen LogP contribution in [0.2, 0.25) is 0 Å². The van der Waals surface area contributed by atoms with Crippen molar-refractivity contribution < 1.29 is 13.9 Å². The third-order valence-corrected chi connectivity index (χ3v) is 2.71. The predicted octanol–water partition coefficient (Wildman–Crippen LogP) is 3.57. The maximum atomic E-state index is 13.0. The summed E-state index contributed by atoms with van der Waals surface area (Å²) in [6.07, 6.45) is -2.38. The molecule has 1 atom stereocenters. The molecule has 0 aliphatic rings. The van der Waals surface area contributed by atoms with Crippen LogP contribution in [0.25, 0.3) is 0 Å². The van der Waals surface area contributed by atoms with Gasteiger partial charge in [-0.25, -0.2) is 8.78 Å². The Hall–Kier alpha value is -0.960. The highest BCUT2D eigenvalue weighted by atomic mass is 19.3. The molecule has 1 unspecified atom stereocenters. The molecule has 1 nitrogen and oxygen atoms in total. The average Bonchev–Trinajstić information content (AvgIpc) is 2.16. The Labute approximate surface area is 95.1 Å². The summed E-state index contributed by atoms with van der Waals surface area (Å²) < 4.78 is 26.0. The van der Waals surface area contributed by atoms with Crippen molar-refractivity contribution in [3.8, 4) is 0 Å². The minimum absolute atomic E-state index is 0.0604. The number of rotatable bonds is 3. The van der Waals surface area contributed by atoms with E-state index in [-0.39, 0.29) is 6.61 Å². The fourth-order valence-corrected chi connectivity index (χ4v) is 1.85. The first-order valence-electron chi connectivity index (χ1n) is 5.34. The number of benzene rings is 1. The van der Waals surface area contributed by atoms with Crippen molar-refractivity contribution in [2.24, 2.45) is 5.41 Å². The molecule has 0 fully saturated rings. The van der Waals surface area contributed by atoms with Gasteiger partial charge in [0.25, 0.3) is 0 Å². The highest BCUT2D eigenvalue weighted by Crippen LogP contribution is 2.39. The molecule has 1 aromatic rings. The maximum absolute atomic E-state index is 13.0. The summed E-state index contributed by atoms with van der Waals surface area (Å²) in [4.78, 5) is 0. The second-order valence-corrected chi connectivity index (χ2v) is 5.08. The highest BCUT2D eigenvalue weighted by molar-refractivity contribution is 5.26. The number of aliphatic hydroxyl groups excluding tert-OH is 1. The number of hydrogen-bond donors (Lipinski definition) is 1. The molecule has 90 valence electrons. The lowest BCUT2D eigenvalue weighted by Gasteiger charge is -2.30. The molecule has 0 spiro atoms. The minimum Gasteiger partial charge on any atom is -0.392 e. The quantitative estimate of drug-likeness (QED) is 0.838. The summed E-state index contributed by atoms with van der Waals surface area (Å²) in [5.41, 5.74) is 0.889. The average molecular weight is 228 g/mol. The van der Waals surface area contributed by atoms with Gasteiger partial charge < -0.3 is 5.11 Å². The molecular formula is C13H18F2O. The molecule has 0 amide bonds. The highest BCUT2D eigenvalue weighted by Gasteiger charge is 2.33. The summed E-state index contributed by atoms with van der Waals surface area (Å²) >= 11 is 0. The van der Waals surface area contributed by atoms with Gasteiger partial charge in [0.2, 0.25) is 6.43 Å². The van der Waals surface area contributed by atoms with E-state index in [9.17, 15) is 8.78 Å². The summed E-state index contributed by atoms with van der Waals surface area (Å²) in [6.45, 7) is 5.37. The maximum Gasteiger partial charge on any atom is 0.245 e. The zero-order valence-electron chi connectivity index (χ0n) is 9.87. The largest absolute Gasteiger partial charge is 0.392 e. The van der Waals surface area contributed by atoms with E-state index in [0.717, 1.165) is 5.56 Å². The van der Waals surface area contributed by atoms with E-state index in [0.29, 0.717) is 5.56 Å². The monoisotopic (exact) mass is 228 g/mol. The summed E-state index contributed by atoms with van der Waals surface area (Å²) in [5, 5.41) is 8.89. The van der Waals surface area contributed by atoms with Crippen LogP contribution in [-0.4, -0.2) is 11.5 Å². The van der Waals surface area contributed by atoms with Crippen LogP contribution in [0.3, 0.4) is 0 Å². The van der Waals surface area contributed by atoms with Crippen molar-refractivity contribution >= 4 is 0 Å². The zero-order chi connectivity index (χ0) is 12.3. The Morgan fingerprint density at radius 2 is 1.62 bits per heavy atom. The third kappa shape index (κ3) is 3.01. The van der Waals surface area contributed by atoms with Crippen LogP contribution in [-0.2, 0) is 6.61 Å². The Balaban J connectivity index is 3.03. The summed E-state index contributed by atoms with van der Waals surface area (Å²) in [5.74, 6) is -0.778. The van der Waals surface area contributed by atoms with Gasteiger partial charge in [-0.2, -0.15) is 0 Å². The van der Waals surface area contributed by atoms with Gasteiger partial charge in [-0.15, -0.1) is 0 Å². The number of halogens is 2. The van der Waals surface area contributed by atoms with Gasteiger partial charge >= 0.3 is 0 Å². The first-order chi connectivity index (χ1) is 7.36. The fourth-order valence-electron chi connectivity index (χ4n) is 1.85. The van der Waals surface area contributed by atoms with Crippen LogP contribution in [0.4, 0.5) is 8.78 Å². The lowest BCUT2D eigenvalue weighted by atomic mass is 9.76. The van der Waals surface area contributed by atoms with Crippen LogP contribution in [0.5, 0.6) is 0 Å². The summed E-state index contributed by atoms with van der Waals surface area (Å²) in [6, 6.07) is 6.73. The van der Waals surface area contributed by atoms with Gasteiger partial charge in [0.05, 0.1) is 6.61 Å². The van der Waals surface area contributed by atoms with Gasteiger partial charge in [0.15, 0.2) is 0 Å². The Morgan fingerprint density at radius 3 is 1.94 bits per heavy atom. The van der Waals surface area contributed by atoms with Gasteiger partial charge in [0.1, 0.15) is 0 Å². The zero-order valence-corrected chi connectivity index (χ0v) is 9.87. The van der Waals surface area contributed by atoms with E-state index in [1.165, 1.54) is 0 Å². The van der Waals surface area contributed by atoms with E-state index < -0.39 is 17.8 Å². The Morgan fingerprint density at radius 1 is 1.12 bits per heavy atom. The van der Waals surface area contributed by atoms with E-state index in [1.54, 1.807) is 24.3 Å². The van der Waals surface area contributed by atoms with E-state index in [4.69, 9.17) is 5.11 Å². The number of alkyl halides is 2. The van der Waals surface area contributed by atoms with E-state index >= 15 is 0 Å². The molecule has 0 radical (unpaired) electrons. The fraction of sp³-hybridized carbons (Fsp3) is 0.538. The normalized spacial score (nSPS) is 14.2. The molecule has 3 heteroatoms. The standard InChI is InChI=1S/C13H18F2O/c1-13(2,3)11(12(14)15)10-6-4-9(8-16)5-7-10/h4-7,11-12,16H,8H2,1-3H3. The van der Waals surface area contributed by atoms with Crippen molar-refractivity contribution in [2.75, 3.05) is 0 Å². The molecule has 0 aliphatic heterocycles.